The zero-order valence-electron chi connectivity index (χ0n) is 29.1. The molecular formula is C38H41N7O8. The average Bonchev–Trinajstić information content (AvgIpc) is 3.36. The maximum Gasteiger partial charge on any atom is 0.262 e. The number of nitrogens with zero attached hydrogens (tertiary/aromatic N) is 4. The lowest BCUT2D eigenvalue weighted by molar-refractivity contribution is -0.173. The highest BCUT2D eigenvalue weighted by atomic mass is 16.5. The fourth-order valence-corrected chi connectivity index (χ4v) is 8.71. The van der Waals surface area contributed by atoms with Crippen LogP contribution >= 0.6 is 0 Å². The summed E-state index contributed by atoms with van der Waals surface area (Å²) in [6.45, 7) is 3.02. The van der Waals surface area contributed by atoms with Crippen molar-refractivity contribution in [3.8, 4) is 28.5 Å². The van der Waals surface area contributed by atoms with Gasteiger partial charge in [-0.15, -0.1) is 10.2 Å². The minimum atomic E-state index is -1.01. The summed E-state index contributed by atoms with van der Waals surface area (Å²) >= 11 is 0. The number of phenolic OH excluding ortho intramolecular Hbond substituents is 1. The van der Waals surface area contributed by atoms with E-state index in [1.165, 1.54) is 12.1 Å². The van der Waals surface area contributed by atoms with Gasteiger partial charge >= 0.3 is 0 Å². The molecule has 2 aromatic carbocycles. The Hall–Kier alpha value is -5.57. The number of nitrogens with one attached hydrogen (secondary N) is 2. The number of nitrogen functional groups attached to an aromatic ring is 1. The van der Waals surface area contributed by atoms with Crippen LogP contribution in [0.25, 0.3) is 11.3 Å². The highest BCUT2D eigenvalue weighted by Crippen LogP contribution is 2.69. The number of ether oxygens (including phenoxy) is 2. The highest BCUT2D eigenvalue weighted by molar-refractivity contribution is 6.23. The second-order valence-electron chi connectivity index (χ2n) is 15.0. The van der Waals surface area contributed by atoms with Crippen molar-refractivity contribution in [3.05, 3.63) is 59.7 Å². The van der Waals surface area contributed by atoms with Crippen LogP contribution in [-0.2, 0) is 14.4 Å². The van der Waals surface area contributed by atoms with E-state index in [9.17, 15) is 29.1 Å². The number of aromatic hydroxyl groups is 1. The quantitative estimate of drug-likeness (QED) is 0.199. The molecule has 5 fully saturated rings. The number of nitrogens with two attached hydrogens (primary N) is 1. The summed E-state index contributed by atoms with van der Waals surface area (Å²) < 4.78 is 11.9. The predicted octanol–water partition coefficient (Wildman–Crippen LogP) is 2.43. The number of aromatic nitrogens is 2. The Morgan fingerprint density at radius 3 is 2.43 bits per heavy atom. The van der Waals surface area contributed by atoms with Crippen molar-refractivity contribution in [1.82, 2.24) is 30.6 Å². The number of rotatable bonds is 12. The van der Waals surface area contributed by atoms with Gasteiger partial charge in [0, 0.05) is 36.1 Å². The van der Waals surface area contributed by atoms with Gasteiger partial charge in [0.1, 0.15) is 29.8 Å². The van der Waals surface area contributed by atoms with Gasteiger partial charge in [-0.3, -0.25) is 39.1 Å². The zero-order valence-corrected chi connectivity index (χ0v) is 29.1. The Bertz CT molecular complexity index is 1990. The summed E-state index contributed by atoms with van der Waals surface area (Å²) in [5.41, 5.74) is 7.49. The van der Waals surface area contributed by atoms with Crippen LogP contribution in [0.2, 0.25) is 0 Å². The van der Waals surface area contributed by atoms with Gasteiger partial charge in [0.2, 0.25) is 17.7 Å². The molecule has 3 aliphatic carbocycles. The zero-order chi connectivity index (χ0) is 36.9. The lowest BCUT2D eigenvalue weighted by atomic mass is 9.38. The normalized spacial score (nSPS) is 25.3. The number of piperidine rings is 2. The van der Waals surface area contributed by atoms with E-state index < -0.39 is 29.7 Å². The number of phenols is 1. The Labute approximate surface area is 305 Å². The number of likely N-dealkylation sites (tertiary alicyclic amines) is 1. The summed E-state index contributed by atoms with van der Waals surface area (Å²) in [7, 11) is 0. The molecule has 9 rings (SSSR count). The molecule has 3 aromatic rings. The maximum atomic E-state index is 13.2. The van der Waals surface area contributed by atoms with Crippen LogP contribution in [0.1, 0.15) is 72.1 Å². The van der Waals surface area contributed by atoms with Crippen LogP contribution in [-0.4, -0.2) is 99.1 Å². The molecular weight excluding hydrogens is 682 g/mol. The summed E-state index contributed by atoms with van der Waals surface area (Å²) in [5, 5.41) is 23.8. The first kappa shape index (κ1) is 34.5. The minimum Gasteiger partial charge on any atom is -0.507 e. The van der Waals surface area contributed by atoms with E-state index in [0.29, 0.717) is 42.5 Å². The SMILES string of the molecule is Nc1nnc(-c2ccccc2O)cc1OCCC12CC(NC(=O)C3CCN(CCOc4ccc5c(c4)C(=O)N(C4CCC(=O)NC4=O)C5=O)CC3)(C1)C2. The molecule has 1 atom stereocenters. The number of anilines is 1. The van der Waals surface area contributed by atoms with Gasteiger partial charge in [0.25, 0.3) is 11.8 Å². The van der Waals surface area contributed by atoms with Crippen LogP contribution < -0.4 is 25.8 Å². The Balaban J connectivity index is 0.743. The lowest BCUT2D eigenvalue weighted by Crippen LogP contribution is -2.75. The second kappa shape index (κ2) is 13.4. The van der Waals surface area contributed by atoms with Gasteiger partial charge in [-0.2, -0.15) is 0 Å². The maximum absolute atomic E-state index is 13.2. The molecule has 0 spiro atoms. The van der Waals surface area contributed by atoms with E-state index in [1.807, 2.05) is 6.07 Å². The van der Waals surface area contributed by atoms with Gasteiger partial charge in [-0.05, 0) is 93.8 Å². The number of para-hydroxylation sites is 1. The van der Waals surface area contributed by atoms with E-state index in [-0.39, 0.29) is 58.3 Å². The molecule has 4 heterocycles. The molecule has 1 aromatic heterocycles. The number of imide groups is 2. The Kier molecular flexibility index (Phi) is 8.75. The summed E-state index contributed by atoms with van der Waals surface area (Å²) in [6.07, 6.45) is 5.35. The third-order valence-electron chi connectivity index (χ3n) is 11.4. The fourth-order valence-electron chi connectivity index (χ4n) is 8.71. The van der Waals surface area contributed by atoms with Gasteiger partial charge in [0.05, 0.1) is 17.7 Å². The number of hydrogen-bond donors (Lipinski definition) is 4. The van der Waals surface area contributed by atoms with Crippen molar-refractivity contribution < 1.29 is 38.6 Å². The minimum absolute atomic E-state index is 0.0338. The standard InChI is InChI=1S/C38H41N7O8/c39-32-30(18-27(42-43-32)25-3-1-2-4-29(25)46)53-15-11-37-19-38(20-37,21-37)41-33(48)22-9-12-44(13-10-22)14-16-52-23-5-6-24-26(17-23)36(51)45(35(24)50)28-7-8-31(47)40-34(28)49/h1-6,17-18,22,28,46H,7-16,19-21H2,(H2,39,43)(H,41,48)(H,40,47,49). The summed E-state index contributed by atoms with van der Waals surface area (Å²) in [5.74, 6) is -0.913. The first-order valence-corrected chi connectivity index (χ1v) is 18.1. The van der Waals surface area contributed by atoms with Crippen LogP contribution in [0.4, 0.5) is 5.82 Å². The Morgan fingerprint density at radius 2 is 1.68 bits per heavy atom. The Morgan fingerprint density at radius 1 is 0.925 bits per heavy atom. The van der Waals surface area contributed by atoms with E-state index in [0.717, 1.165) is 56.5 Å². The van der Waals surface area contributed by atoms with Crippen molar-refractivity contribution in [2.24, 2.45) is 11.3 Å². The largest absolute Gasteiger partial charge is 0.507 e. The summed E-state index contributed by atoms with van der Waals surface area (Å²) in [6, 6.07) is 12.3. The van der Waals surface area contributed by atoms with Crippen molar-refractivity contribution >= 4 is 35.4 Å². The molecule has 6 aliphatic rings. The van der Waals surface area contributed by atoms with E-state index >= 15 is 0 Å². The fraction of sp³-hybridized carbons (Fsp3) is 0.447. The molecule has 15 nitrogen and oxygen atoms in total. The van der Waals surface area contributed by atoms with Gasteiger partial charge in [0.15, 0.2) is 11.6 Å². The molecule has 15 heteroatoms. The van der Waals surface area contributed by atoms with Crippen LogP contribution in [0.15, 0.2) is 48.5 Å². The molecule has 3 saturated carbocycles. The third-order valence-corrected chi connectivity index (χ3v) is 11.4. The monoisotopic (exact) mass is 723 g/mol. The third kappa shape index (κ3) is 6.53. The van der Waals surface area contributed by atoms with E-state index in [1.54, 1.807) is 30.3 Å². The molecule has 0 radical (unpaired) electrons. The van der Waals surface area contributed by atoms with Crippen LogP contribution in [0, 0.1) is 11.3 Å². The predicted molar refractivity (Wildman–Crippen MR) is 189 cm³/mol. The molecule has 5 N–H and O–H groups in total. The van der Waals surface area contributed by atoms with E-state index in [4.69, 9.17) is 15.2 Å². The van der Waals surface area contributed by atoms with Crippen molar-refractivity contribution in [1.29, 1.82) is 0 Å². The number of fused-ring (bicyclic) bond motifs is 1. The van der Waals surface area contributed by atoms with Gasteiger partial charge in [-0.1, -0.05) is 12.1 Å². The van der Waals surface area contributed by atoms with Crippen LogP contribution in [0.5, 0.6) is 17.2 Å². The van der Waals surface area contributed by atoms with Gasteiger partial charge in [-0.25, -0.2) is 0 Å². The van der Waals surface area contributed by atoms with Crippen molar-refractivity contribution in [2.45, 2.75) is 62.9 Å². The number of benzene rings is 2. The number of carbonyl (C=O) groups is 5. The molecule has 5 amide bonds. The summed E-state index contributed by atoms with van der Waals surface area (Å²) in [4.78, 5) is 66.3. The first-order chi connectivity index (χ1) is 25.5. The first-order valence-electron chi connectivity index (χ1n) is 18.1. The molecule has 53 heavy (non-hydrogen) atoms. The molecule has 276 valence electrons. The average molecular weight is 724 g/mol. The number of carbonyl (C=O) groups excluding carboxylic acids is 5. The number of hydrogen-bond acceptors (Lipinski definition) is 12. The van der Waals surface area contributed by atoms with Crippen molar-refractivity contribution in [3.63, 3.8) is 0 Å². The molecule has 2 bridgehead atoms. The molecule has 2 saturated heterocycles. The smallest absolute Gasteiger partial charge is 0.262 e. The number of amides is 5. The molecule has 3 aliphatic heterocycles. The second-order valence-corrected chi connectivity index (χ2v) is 15.0. The lowest BCUT2D eigenvalue weighted by Gasteiger charge is -2.71. The highest BCUT2D eigenvalue weighted by Gasteiger charge is 2.68. The van der Waals surface area contributed by atoms with Gasteiger partial charge < -0.3 is 25.6 Å². The van der Waals surface area contributed by atoms with E-state index in [2.05, 4.69) is 25.7 Å². The van der Waals surface area contributed by atoms with Crippen molar-refractivity contribution in [2.75, 3.05) is 38.6 Å². The van der Waals surface area contributed by atoms with Crippen LogP contribution in [0.3, 0.4) is 0 Å². The molecule has 1 unspecified atom stereocenters. The topological polar surface area (TPSA) is 206 Å².